The van der Waals surface area contributed by atoms with Gasteiger partial charge in [-0.1, -0.05) is 30.3 Å². The van der Waals surface area contributed by atoms with E-state index in [1.807, 2.05) is 0 Å². The number of β-amino-alcohol motifs (C(OH)–C–C–N with tert-alkyl or cyclic N) is 1. The lowest BCUT2D eigenvalue weighted by atomic mass is 9.91. The van der Waals surface area contributed by atoms with Crippen LogP contribution in [0.5, 0.6) is 0 Å². The van der Waals surface area contributed by atoms with E-state index in [1.54, 1.807) is 30.3 Å². The van der Waals surface area contributed by atoms with Crippen molar-refractivity contribution in [2.24, 2.45) is 0 Å². The summed E-state index contributed by atoms with van der Waals surface area (Å²) in [6, 6.07) is 12.4. The molecule has 3 aromatic rings. The van der Waals surface area contributed by atoms with Crippen molar-refractivity contribution in [3.8, 4) is 0 Å². The van der Waals surface area contributed by atoms with E-state index in [4.69, 9.17) is 0 Å². The third kappa shape index (κ3) is 4.30. The van der Waals surface area contributed by atoms with Crippen molar-refractivity contribution >= 4 is 22.5 Å². The standard InChI is InChI=1S/C23H22F3N3O4/c24-23(25,26)22(31,15-27-11-5-4-8-21(27)30)19-14-28(13-16-6-2-1-3-7-16)20-12-17(29(32)33)9-10-18(19)20/h1-3,6-7,9-10,12,14,31H,4-5,8,11,13,15H2. The van der Waals surface area contributed by atoms with Gasteiger partial charge >= 0.3 is 6.18 Å². The number of halogens is 3. The number of rotatable bonds is 6. The molecule has 0 spiro atoms. The molecule has 1 saturated heterocycles. The molecule has 0 aliphatic carbocycles. The molecule has 1 aliphatic heterocycles. The van der Waals surface area contributed by atoms with E-state index in [-0.39, 0.29) is 36.1 Å². The van der Waals surface area contributed by atoms with E-state index in [9.17, 15) is 33.2 Å². The van der Waals surface area contributed by atoms with Crippen molar-refractivity contribution in [1.29, 1.82) is 0 Å². The lowest BCUT2D eigenvalue weighted by Gasteiger charge is -2.37. The highest BCUT2D eigenvalue weighted by atomic mass is 19.4. The van der Waals surface area contributed by atoms with Crippen LogP contribution in [0.3, 0.4) is 0 Å². The van der Waals surface area contributed by atoms with Crippen LogP contribution in [-0.2, 0) is 16.9 Å². The fourth-order valence-electron chi connectivity index (χ4n) is 4.27. The SMILES string of the molecule is O=C1CCCCN1CC(O)(c1cn(Cc2ccccc2)c2cc([N+](=O)[O-])ccc12)C(F)(F)F. The maximum absolute atomic E-state index is 14.3. The fourth-order valence-corrected chi connectivity index (χ4v) is 4.27. The average molecular weight is 461 g/mol. The number of benzene rings is 2. The Kier molecular flexibility index (Phi) is 5.87. The van der Waals surface area contributed by atoms with Gasteiger partial charge in [0.05, 0.1) is 17.0 Å². The van der Waals surface area contributed by atoms with Gasteiger partial charge in [-0.15, -0.1) is 0 Å². The molecule has 33 heavy (non-hydrogen) atoms. The molecule has 1 aliphatic rings. The van der Waals surface area contributed by atoms with E-state index < -0.39 is 34.7 Å². The lowest BCUT2D eigenvalue weighted by Crippen LogP contribution is -2.53. The fraction of sp³-hybridized carbons (Fsp3) is 0.348. The predicted molar refractivity (Wildman–Crippen MR) is 115 cm³/mol. The largest absolute Gasteiger partial charge is 0.423 e. The first-order chi connectivity index (χ1) is 15.6. The van der Waals surface area contributed by atoms with Crippen molar-refractivity contribution in [2.75, 3.05) is 13.1 Å². The molecule has 0 bridgehead atoms. The molecular weight excluding hydrogens is 439 g/mol. The average Bonchev–Trinajstić information content (AvgIpc) is 3.13. The smallest absolute Gasteiger partial charge is 0.375 e. The number of nitro benzene ring substituents is 1. The quantitative estimate of drug-likeness (QED) is 0.436. The summed E-state index contributed by atoms with van der Waals surface area (Å²) in [5.41, 5.74) is -3.08. The molecule has 1 atom stereocenters. The normalized spacial score (nSPS) is 16.7. The van der Waals surface area contributed by atoms with Gasteiger partial charge in [0.2, 0.25) is 11.5 Å². The third-order valence-corrected chi connectivity index (χ3v) is 6.03. The number of amides is 1. The molecule has 2 aromatic carbocycles. The van der Waals surface area contributed by atoms with Crippen LogP contribution in [0.1, 0.15) is 30.4 Å². The highest BCUT2D eigenvalue weighted by Gasteiger charge is 2.57. The molecule has 174 valence electrons. The van der Waals surface area contributed by atoms with Crippen molar-refractivity contribution in [3.63, 3.8) is 0 Å². The number of carbonyl (C=O) groups excluding carboxylic acids is 1. The van der Waals surface area contributed by atoms with E-state index >= 15 is 0 Å². The first kappa shape index (κ1) is 22.8. The second-order valence-corrected chi connectivity index (χ2v) is 8.25. The molecule has 1 unspecified atom stereocenters. The first-order valence-electron chi connectivity index (χ1n) is 10.5. The number of hydrogen-bond donors (Lipinski definition) is 1. The lowest BCUT2D eigenvalue weighted by molar-refractivity contribution is -0.384. The molecular formula is C23H22F3N3O4. The van der Waals surface area contributed by atoms with Gasteiger partial charge in [-0.05, 0) is 24.5 Å². The van der Waals surface area contributed by atoms with Crippen LogP contribution < -0.4 is 0 Å². The summed E-state index contributed by atoms with van der Waals surface area (Å²) in [5.74, 6) is -0.437. The van der Waals surface area contributed by atoms with Gasteiger partial charge < -0.3 is 14.6 Å². The Morgan fingerprint density at radius 1 is 1.09 bits per heavy atom. The van der Waals surface area contributed by atoms with Gasteiger partial charge in [0.25, 0.3) is 5.69 Å². The Morgan fingerprint density at radius 2 is 1.82 bits per heavy atom. The summed E-state index contributed by atoms with van der Waals surface area (Å²) in [7, 11) is 0. The number of likely N-dealkylation sites (tertiary alicyclic amines) is 1. The minimum Gasteiger partial charge on any atom is -0.375 e. The number of hydrogen-bond acceptors (Lipinski definition) is 4. The second-order valence-electron chi connectivity index (χ2n) is 8.25. The van der Waals surface area contributed by atoms with Crippen LogP contribution in [0, 0.1) is 10.1 Å². The number of carbonyl (C=O) groups is 1. The molecule has 4 rings (SSSR count). The number of aliphatic hydroxyl groups is 1. The van der Waals surface area contributed by atoms with E-state index in [0.717, 1.165) is 16.5 Å². The maximum atomic E-state index is 14.3. The van der Waals surface area contributed by atoms with E-state index in [1.165, 1.54) is 22.9 Å². The number of nitro groups is 1. The molecule has 1 aromatic heterocycles. The molecule has 1 fully saturated rings. The molecule has 1 N–H and O–H groups in total. The second kappa shape index (κ2) is 8.51. The Balaban J connectivity index is 1.87. The number of aromatic nitrogens is 1. The van der Waals surface area contributed by atoms with E-state index in [2.05, 4.69) is 0 Å². The van der Waals surface area contributed by atoms with Gasteiger partial charge in [0, 0.05) is 48.8 Å². The molecule has 2 heterocycles. The number of alkyl halides is 3. The zero-order valence-electron chi connectivity index (χ0n) is 17.6. The Hall–Kier alpha value is -3.40. The Morgan fingerprint density at radius 3 is 2.45 bits per heavy atom. The van der Waals surface area contributed by atoms with Crippen molar-refractivity contribution in [1.82, 2.24) is 9.47 Å². The first-order valence-corrected chi connectivity index (χ1v) is 10.5. The van der Waals surface area contributed by atoms with Crippen LogP contribution in [0.25, 0.3) is 10.9 Å². The Bertz CT molecular complexity index is 1190. The van der Waals surface area contributed by atoms with Gasteiger partial charge in [-0.25, -0.2) is 0 Å². The summed E-state index contributed by atoms with van der Waals surface area (Å²) in [6.07, 6.45) is -2.61. The number of fused-ring (bicyclic) bond motifs is 1. The summed E-state index contributed by atoms with van der Waals surface area (Å²) < 4.78 is 44.5. The van der Waals surface area contributed by atoms with Gasteiger partial charge in [0.15, 0.2) is 0 Å². The summed E-state index contributed by atoms with van der Waals surface area (Å²) in [5, 5.41) is 22.4. The van der Waals surface area contributed by atoms with Gasteiger partial charge in [-0.2, -0.15) is 13.2 Å². The topological polar surface area (TPSA) is 88.6 Å². The van der Waals surface area contributed by atoms with Crippen LogP contribution >= 0.6 is 0 Å². The van der Waals surface area contributed by atoms with Gasteiger partial charge in [0.1, 0.15) is 0 Å². The number of piperidine rings is 1. The van der Waals surface area contributed by atoms with Crippen LogP contribution in [0.15, 0.2) is 54.7 Å². The monoisotopic (exact) mass is 461 g/mol. The molecule has 1 amide bonds. The zero-order valence-corrected chi connectivity index (χ0v) is 17.6. The molecule has 0 saturated carbocycles. The predicted octanol–water partition coefficient (Wildman–Crippen LogP) is 4.36. The third-order valence-electron chi connectivity index (χ3n) is 6.03. The summed E-state index contributed by atoms with van der Waals surface area (Å²) >= 11 is 0. The minimum absolute atomic E-state index is 0.0424. The van der Waals surface area contributed by atoms with Crippen molar-refractivity contribution in [2.45, 2.75) is 37.6 Å². The molecule has 0 radical (unpaired) electrons. The van der Waals surface area contributed by atoms with E-state index in [0.29, 0.717) is 12.8 Å². The highest BCUT2D eigenvalue weighted by molar-refractivity contribution is 5.87. The van der Waals surface area contributed by atoms with Crippen LogP contribution in [-0.4, -0.2) is 44.7 Å². The molecule has 10 heteroatoms. The Labute approximate surface area is 187 Å². The van der Waals surface area contributed by atoms with Crippen LogP contribution in [0.2, 0.25) is 0 Å². The van der Waals surface area contributed by atoms with Crippen LogP contribution in [0.4, 0.5) is 18.9 Å². The number of nitrogens with zero attached hydrogens (tertiary/aromatic N) is 3. The van der Waals surface area contributed by atoms with Crippen molar-refractivity contribution < 1.29 is 28.0 Å². The minimum atomic E-state index is -5.08. The zero-order chi connectivity index (χ0) is 23.8. The number of non-ortho nitro benzene ring substituents is 1. The molecule has 7 nitrogen and oxygen atoms in total. The van der Waals surface area contributed by atoms with Crippen molar-refractivity contribution in [3.05, 3.63) is 76.0 Å². The highest BCUT2D eigenvalue weighted by Crippen LogP contribution is 2.44. The summed E-state index contributed by atoms with van der Waals surface area (Å²) in [6.45, 7) is -0.656. The summed E-state index contributed by atoms with van der Waals surface area (Å²) in [4.78, 5) is 23.9. The maximum Gasteiger partial charge on any atom is 0.423 e. The van der Waals surface area contributed by atoms with Gasteiger partial charge in [-0.3, -0.25) is 14.9 Å².